The van der Waals surface area contributed by atoms with Crippen molar-refractivity contribution in [3.8, 4) is 0 Å². The molecule has 0 amide bonds. The Labute approximate surface area is 132 Å². The molecule has 0 saturated carbocycles. The third kappa shape index (κ3) is 5.12. The number of rotatable bonds is 7. The molecule has 3 heteroatoms. The summed E-state index contributed by atoms with van der Waals surface area (Å²) in [6.07, 6.45) is 10.2. The molecule has 1 aliphatic rings. The summed E-state index contributed by atoms with van der Waals surface area (Å²) in [5.74, 6) is -0.264. The number of benzene rings is 1. The second-order valence-electron chi connectivity index (χ2n) is 5.88. The van der Waals surface area contributed by atoms with Gasteiger partial charge in [0, 0.05) is 6.04 Å². The van der Waals surface area contributed by atoms with Crippen LogP contribution in [0.5, 0.6) is 0 Å². The third-order valence-electron chi connectivity index (χ3n) is 4.07. The van der Waals surface area contributed by atoms with E-state index in [4.69, 9.17) is 11.6 Å². The summed E-state index contributed by atoms with van der Waals surface area (Å²) in [6.45, 7) is 3.13. The largest absolute Gasteiger partial charge is 0.313 e. The molecule has 0 radical (unpaired) electrons. The van der Waals surface area contributed by atoms with Gasteiger partial charge in [-0.1, -0.05) is 42.3 Å². The maximum atomic E-state index is 14.1. The summed E-state index contributed by atoms with van der Waals surface area (Å²) < 4.78 is 14.1. The number of hydrogen-bond donors (Lipinski definition) is 1. The topological polar surface area (TPSA) is 12.0 Å². The highest BCUT2D eigenvalue weighted by atomic mass is 35.5. The lowest BCUT2D eigenvalue weighted by molar-refractivity contribution is 0.480. The van der Waals surface area contributed by atoms with Crippen LogP contribution >= 0.6 is 11.6 Å². The van der Waals surface area contributed by atoms with E-state index in [1.54, 1.807) is 6.07 Å². The van der Waals surface area contributed by atoms with Crippen molar-refractivity contribution in [1.29, 1.82) is 0 Å². The maximum absolute atomic E-state index is 14.1. The SMILES string of the molecule is CCCNC(CC1=CCCCC1)Cc1cccc(Cl)c1F. The smallest absolute Gasteiger partial charge is 0.145 e. The number of nitrogens with one attached hydrogen (secondary N) is 1. The van der Waals surface area contributed by atoms with E-state index in [0.29, 0.717) is 18.0 Å². The predicted molar refractivity (Wildman–Crippen MR) is 88.4 cm³/mol. The first-order valence-corrected chi connectivity index (χ1v) is 8.42. The van der Waals surface area contributed by atoms with Crippen LogP contribution in [0.1, 0.15) is 51.0 Å². The average molecular weight is 310 g/mol. The quantitative estimate of drug-likeness (QED) is 0.676. The molecular formula is C18H25ClFN. The highest BCUT2D eigenvalue weighted by Gasteiger charge is 2.16. The minimum atomic E-state index is -0.264. The lowest BCUT2D eigenvalue weighted by Gasteiger charge is -2.22. The Balaban J connectivity index is 2.04. The Morgan fingerprint density at radius 1 is 1.29 bits per heavy atom. The summed E-state index contributed by atoms with van der Waals surface area (Å²) in [4.78, 5) is 0. The highest BCUT2D eigenvalue weighted by molar-refractivity contribution is 6.30. The minimum absolute atomic E-state index is 0.221. The van der Waals surface area contributed by atoms with Crippen molar-refractivity contribution < 1.29 is 4.39 Å². The summed E-state index contributed by atoms with van der Waals surface area (Å²) in [7, 11) is 0. The van der Waals surface area contributed by atoms with Crippen molar-refractivity contribution in [3.63, 3.8) is 0 Å². The molecule has 1 aromatic carbocycles. The molecule has 1 aliphatic carbocycles. The number of halogens is 2. The molecule has 0 bridgehead atoms. The normalized spacial score (nSPS) is 16.6. The fraction of sp³-hybridized carbons (Fsp3) is 0.556. The molecule has 21 heavy (non-hydrogen) atoms. The van der Waals surface area contributed by atoms with E-state index in [0.717, 1.165) is 19.4 Å². The van der Waals surface area contributed by atoms with E-state index < -0.39 is 0 Å². The van der Waals surface area contributed by atoms with Crippen LogP contribution in [0, 0.1) is 5.82 Å². The van der Waals surface area contributed by atoms with Crippen molar-refractivity contribution >= 4 is 11.6 Å². The van der Waals surface area contributed by atoms with Crippen LogP contribution in [0.25, 0.3) is 0 Å². The molecule has 1 nitrogen and oxygen atoms in total. The Kier molecular flexibility index (Phi) is 6.72. The molecule has 1 N–H and O–H groups in total. The Hall–Kier alpha value is -0.860. The van der Waals surface area contributed by atoms with Gasteiger partial charge in [0.1, 0.15) is 5.82 Å². The second-order valence-corrected chi connectivity index (χ2v) is 6.29. The van der Waals surface area contributed by atoms with Crippen LogP contribution in [-0.4, -0.2) is 12.6 Å². The first-order chi connectivity index (χ1) is 10.2. The van der Waals surface area contributed by atoms with Crippen LogP contribution < -0.4 is 5.32 Å². The standard InChI is InChI=1S/C18H25ClFN/c1-2-11-21-16(12-14-7-4-3-5-8-14)13-15-9-6-10-17(19)18(15)20/h6-7,9-10,16,21H,2-5,8,11-13H2,1H3. The van der Waals surface area contributed by atoms with Crippen LogP contribution in [0.3, 0.4) is 0 Å². The van der Waals surface area contributed by atoms with Gasteiger partial charge in [-0.15, -0.1) is 0 Å². The van der Waals surface area contributed by atoms with Gasteiger partial charge in [-0.2, -0.15) is 0 Å². The molecule has 1 aromatic rings. The van der Waals surface area contributed by atoms with Crippen LogP contribution in [-0.2, 0) is 6.42 Å². The molecule has 0 aromatic heterocycles. The molecule has 0 fully saturated rings. The van der Waals surface area contributed by atoms with Gasteiger partial charge < -0.3 is 5.32 Å². The first-order valence-electron chi connectivity index (χ1n) is 8.05. The summed E-state index contributed by atoms with van der Waals surface area (Å²) in [5.41, 5.74) is 2.24. The summed E-state index contributed by atoms with van der Waals surface area (Å²) >= 11 is 5.89. The van der Waals surface area contributed by atoms with Gasteiger partial charge in [0.15, 0.2) is 0 Å². The Morgan fingerprint density at radius 2 is 2.14 bits per heavy atom. The Bertz CT molecular complexity index is 484. The van der Waals surface area contributed by atoms with E-state index in [9.17, 15) is 4.39 Å². The fourth-order valence-corrected chi connectivity index (χ4v) is 3.14. The monoisotopic (exact) mass is 309 g/mol. The third-order valence-corrected chi connectivity index (χ3v) is 4.37. The first kappa shape index (κ1) is 16.5. The number of hydrogen-bond acceptors (Lipinski definition) is 1. The minimum Gasteiger partial charge on any atom is -0.313 e. The van der Waals surface area contributed by atoms with Crippen molar-refractivity contribution in [2.24, 2.45) is 0 Å². The summed E-state index contributed by atoms with van der Waals surface area (Å²) in [6, 6.07) is 5.58. The van der Waals surface area contributed by atoms with Gasteiger partial charge >= 0.3 is 0 Å². The van der Waals surface area contributed by atoms with Gasteiger partial charge in [-0.3, -0.25) is 0 Å². The van der Waals surface area contributed by atoms with Crippen LogP contribution in [0.15, 0.2) is 29.8 Å². The molecule has 116 valence electrons. The van der Waals surface area contributed by atoms with E-state index in [1.807, 2.05) is 12.1 Å². The second kappa shape index (κ2) is 8.55. The maximum Gasteiger partial charge on any atom is 0.145 e. The average Bonchev–Trinajstić information content (AvgIpc) is 2.50. The van der Waals surface area contributed by atoms with Crippen molar-refractivity contribution in [2.45, 2.75) is 57.9 Å². The fourth-order valence-electron chi connectivity index (χ4n) is 2.94. The number of allylic oxidation sites excluding steroid dienone is 1. The van der Waals surface area contributed by atoms with Gasteiger partial charge in [0.2, 0.25) is 0 Å². The van der Waals surface area contributed by atoms with Crippen LogP contribution in [0.4, 0.5) is 4.39 Å². The molecule has 0 heterocycles. The lowest BCUT2D eigenvalue weighted by Crippen LogP contribution is -2.32. The summed E-state index contributed by atoms with van der Waals surface area (Å²) in [5, 5.41) is 3.78. The molecule has 0 saturated heterocycles. The highest BCUT2D eigenvalue weighted by Crippen LogP contribution is 2.24. The van der Waals surface area contributed by atoms with Crippen LogP contribution in [0.2, 0.25) is 5.02 Å². The van der Waals surface area contributed by atoms with Gasteiger partial charge in [0.25, 0.3) is 0 Å². The zero-order valence-corrected chi connectivity index (χ0v) is 13.6. The van der Waals surface area contributed by atoms with Crippen molar-refractivity contribution in [1.82, 2.24) is 5.32 Å². The zero-order valence-electron chi connectivity index (χ0n) is 12.8. The molecular weight excluding hydrogens is 285 g/mol. The Morgan fingerprint density at radius 3 is 2.86 bits per heavy atom. The van der Waals surface area contributed by atoms with E-state index in [1.165, 1.54) is 31.3 Å². The van der Waals surface area contributed by atoms with Gasteiger partial charge in [0.05, 0.1) is 5.02 Å². The molecule has 1 atom stereocenters. The van der Waals surface area contributed by atoms with E-state index in [2.05, 4.69) is 18.3 Å². The van der Waals surface area contributed by atoms with E-state index in [-0.39, 0.29) is 10.8 Å². The van der Waals surface area contributed by atoms with Gasteiger partial charge in [-0.05, 0) is 63.1 Å². The molecule has 1 unspecified atom stereocenters. The van der Waals surface area contributed by atoms with Crippen molar-refractivity contribution in [2.75, 3.05) is 6.54 Å². The predicted octanol–water partition coefficient (Wildman–Crippen LogP) is 5.28. The van der Waals surface area contributed by atoms with E-state index >= 15 is 0 Å². The molecule has 2 rings (SSSR count). The molecule has 0 spiro atoms. The zero-order chi connectivity index (χ0) is 15.1. The van der Waals surface area contributed by atoms with Crippen molar-refractivity contribution in [3.05, 3.63) is 46.3 Å². The lowest BCUT2D eigenvalue weighted by atomic mass is 9.91. The van der Waals surface area contributed by atoms with Gasteiger partial charge in [-0.25, -0.2) is 4.39 Å². The molecule has 0 aliphatic heterocycles.